The van der Waals surface area contributed by atoms with Crippen LogP contribution in [0, 0.1) is 0 Å². The highest BCUT2D eigenvalue weighted by atomic mass is 16.6. The van der Waals surface area contributed by atoms with Crippen LogP contribution in [-0.2, 0) is 28.8 Å². The van der Waals surface area contributed by atoms with Crippen LogP contribution in [0.5, 0.6) is 17.2 Å². The monoisotopic (exact) mass is 458 g/mol. The molecule has 0 bridgehead atoms. The number of methoxy groups -OCH3 is 1. The summed E-state index contributed by atoms with van der Waals surface area (Å²) < 4.78 is 16.7. The van der Waals surface area contributed by atoms with Gasteiger partial charge in [-0.15, -0.1) is 0 Å². The molecule has 5 rings (SSSR count). The molecule has 174 valence electrons. The van der Waals surface area contributed by atoms with Crippen molar-refractivity contribution in [3.05, 3.63) is 82.9 Å². The molecule has 0 aromatic heterocycles. The first-order chi connectivity index (χ1) is 16.5. The second-order valence-electron chi connectivity index (χ2n) is 8.67. The summed E-state index contributed by atoms with van der Waals surface area (Å²) in [6.07, 6.45) is 1.62. The lowest BCUT2D eigenvalue weighted by atomic mass is 10.0. The van der Waals surface area contributed by atoms with Crippen LogP contribution in [0.25, 0.3) is 0 Å². The first-order valence-corrected chi connectivity index (χ1v) is 11.2. The van der Waals surface area contributed by atoms with Crippen LogP contribution in [0.2, 0.25) is 0 Å². The van der Waals surface area contributed by atoms with Crippen molar-refractivity contribution in [2.24, 2.45) is 0 Å². The van der Waals surface area contributed by atoms with Gasteiger partial charge in [-0.05, 0) is 65.4 Å². The molecule has 7 heteroatoms. The molecule has 3 aromatic rings. The molecule has 1 fully saturated rings. The number of hydrogen-bond acceptors (Lipinski definition) is 5. The molecule has 1 saturated heterocycles. The molecule has 2 amide bonds. The van der Waals surface area contributed by atoms with E-state index in [-0.39, 0.29) is 18.0 Å². The van der Waals surface area contributed by atoms with E-state index >= 15 is 0 Å². The van der Waals surface area contributed by atoms with E-state index in [2.05, 4.69) is 11.4 Å². The van der Waals surface area contributed by atoms with Crippen molar-refractivity contribution in [1.82, 2.24) is 4.90 Å². The number of likely N-dealkylation sites (N-methyl/N-ethyl adjacent to an activating group) is 1. The number of benzene rings is 3. The third kappa shape index (κ3) is 4.55. The summed E-state index contributed by atoms with van der Waals surface area (Å²) in [5, 5.41) is 2.87. The smallest absolute Gasteiger partial charge is 0.409 e. The molecule has 0 radical (unpaired) electrons. The van der Waals surface area contributed by atoms with Crippen molar-refractivity contribution < 1.29 is 23.8 Å². The summed E-state index contributed by atoms with van der Waals surface area (Å²) in [5.41, 5.74) is 5.28. The Kier molecular flexibility index (Phi) is 5.84. The van der Waals surface area contributed by atoms with Crippen molar-refractivity contribution in [3.63, 3.8) is 0 Å². The number of cyclic esters (lactones) is 1. The second-order valence-corrected chi connectivity index (χ2v) is 8.67. The lowest BCUT2D eigenvalue weighted by molar-refractivity contribution is -0.115. The Balaban J connectivity index is 1.25. The maximum Gasteiger partial charge on any atom is 0.409 e. The highest BCUT2D eigenvalue weighted by Gasteiger charge is 2.29. The van der Waals surface area contributed by atoms with Gasteiger partial charge in [0.05, 0.1) is 19.6 Å². The Hall–Kier alpha value is -4.00. The van der Waals surface area contributed by atoms with E-state index in [0.29, 0.717) is 30.3 Å². The van der Waals surface area contributed by atoms with Crippen molar-refractivity contribution in [2.45, 2.75) is 25.3 Å². The molecule has 34 heavy (non-hydrogen) atoms. The van der Waals surface area contributed by atoms with Crippen LogP contribution in [0.4, 0.5) is 10.5 Å². The quantitative estimate of drug-likeness (QED) is 0.561. The highest BCUT2D eigenvalue weighted by Crippen LogP contribution is 2.34. The van der Waals surface area contributed by atoms with Crippen LogP contribution in [-0.4, -0.2) is 43.7 Å². The van der Waals surface area contributed by atoms with Gasteiger partial charge in [0.15, 0.2) is 11.5 Å². The van der Waals surface area contributed by atoms with Gasteiger partial charge >= 0.3 is 6.09 Å². The van der Waals surface area contributed by atoms with Gasteiger partial charge in [0.2, 0.25) is 5.91 Å². The molecular formula is C27H26N2O5. The molecule has 0 spiro atoms. The summed E-state index contributed by atoms with van der Waals surface area (Å²) in [5.74, 6) is 2.04. The van der Waals surface area contributed by atoms with Crippen LogP contribution in [0.1, 0.15) is 22.3 Å². The van der Waals surface area contributed by atoms with Crippen LogP contribution in [0.15, 0.2) is 60.7 Å². The topological polar surface area (TPSA) is 77.1 Å². The number of rotatable bonds is 7. The predicted octanol–water partition coefficient (Wildman–Crippen LogP) is 4.57. The number of nitrogens with zero attached hydrogens (tertiary/aromatic N) is 1. The van der Waals surface area contributed by atoms with E-state index in [1.165, 1.54) is 0 Å². The summed E-state index contributed by atoms with van der Waals surface area (Å²) in [6.45, 7) is 0.414. The van der Waals surface area contributed by atoms with E-state index in [4.69, 9.17) is 14.2 Å². The van der Waals surface area contributed by atoms with Crippen molar-refractivity contribution >= 4 is 17.7 Å². The molecule has 7 nitrogen and oxygen atoms in total. The zero-order valence-electron chi connectivity index (χ0n) is 19.2. The van der Waals surface area contributed by atoms with Gasteiger partial charge in [-0.3, -0.25) is 4.79 Å². The van der Waals surface area contributed by atoms with Crippen LogP contribution >= 0.6 is 0 Å². The summed E-state index contributed by atoms with van der Waals surface area (Å²) in [6, 6.07) is 19.9. The highest BCUT2D eigenvalue weighted by molar-refractivity contribution is 5.99. The Bertz CT molecular complexity index is 1240. The lowest BCUT2D eigenvalue weighted by Crippen LogP contribution is -2.30. The van der Waals surface area contributed by atoms with E-state index in [1.807, 2.05) is 54.6 Å². The molecule has 0 saturated carbocycles. The SMILES string of the molecule is COc1cc(Cc2ccc3c(c2)CC(=O)N3)ccc1Oc1ccc(CC2COC(=O)N2C)cc1. The number of anilines is 1. The molecular weight excluding hydrogens is 432 g/mol. The van der Waals surface area contributed by atoms with Gasteiger partial charge < -0.3 is 24.4 Å². The van der Waals surface area contributed by atoms with Gasteiger partial charge in [0, 0.05) is 12.7 Å². The fourth-order valence-corrected chi connectivity index (χ4v) is 4.35. The number of ether oxygens (including phenoxy) is 3. The second kappa shape index (κ2) is 9.09. The average molecular weight is 459 g/mol. The number of hydrogen-bond donors (Lipinski definition) is 1. The minimum absolute atomic E-state index is 0.0401. The maximum atomic E-state index is 11.6. The number of amides is 2. The first kappa shape index (κ1) is 21.8. The molecule has 0 aliphatic carbocycles. The van der Waals surface area contributed by atoms with Crippen molar-refractivity contribution in [2.75, 3.05) is 26.1 Å². The van der Waals surface area contributed by atoms with Gasteiger partial charge in [-0.1, -0.05) is 30.3 Å². The van der Waals surface area contributed by atoms with Gasteiger partial charge in [0.25, 0.3) is 0 Å². The van der Waals surface area contributed by atoms with Crippen LogP contribution in [0.3, 0.4) is 0 Å². The molecule has 1 unspecified atom stereocenters. The Labute approximate surface area is 198 Å². The normalized spacial score (nSPS) is 16.8. The zero-order valence-corrected chi connectivity index (χ0v) is 19.2. The lowest BCUT2D eigenvalue weighted by Gasteiger charge is -2.16. The Morgan fingerprint density at radius 2 is 1.71 bits per heavy atom. The fraction of sp³-hybridized carbons (Fsp3) is 0.259. The third-order valence-electron chi connectivity index (χ3n) is 6.29. The number of carbonyl (C=O) groups excluding carboxylic acids is 2. The van der Waals surface area contributed by atoms with Crippen LogP contribution < -0.4 is 14.8 Å². The minimum Gasteiger partial charge on any atom is -0.493 e. The summed E-state index contributed by atoms with van der Waals surface area (Å²) in [4.78, 5) is 24.8. The van der Waals surface area contributed by atoms with E-state index in [1.54, 1.807) is 19.1 Å². The average Bonchev–Trinajstić information content (AvgIpc) is 3.36. The van der Waals surface area contributed by atoms with Gasteiger partial charge in [-0.2, -0.15) is 0 Å². The summed E-state index contributed by atoms with van der Waals surface area (Å²) in [7, 11) is 3.39. The van der Waals surface area contributed by atoms with E-state index in [0.717, 1.165) is 40.8 Å². The number of fused-ring (bicyclic) bond motifs is 1. The van der Waals surface area contributed by atoms with Gasteiger partial charge in [0.1, 0.15) is 12.4 Å². The van der Waals surface area contributed by atoms with Crippen molar-refractivity contribution in [1.29, 1.82) is 0 Å². The van der Waals surface area contributed by atoms with Gasteiger partial charge in [-0.25, -0.2) is 4.79 Å². The largest absolute Gasteiger partial charge is 0.493 e. The Morgan fingerprint density at radius 1 is 0.971 bits per heavy atom. The number of carbonyl (C=O) groups is 2. The van der Waals surface area contributed by atoms with E-state index in [9.17, 15) is 9.59 Å². The molecule has 2 aliphatic rings. The molecule has 3 aromatic carbocycles. The summed E-state index contributed by atoms with van der Waals surface area (Å²) >= 11 is 0. The fourth-order valence-electron chi connectivity index (χ4n) is 4.35. The Morgan fingerprint density at radius 3 is 2.44 bits per heavy atom. The standard InChI is InChI=1S/C27H26N2O5/c1-29-21(16-33-27(29)31)13-17-3-7-22(8-4-17)34-24-10-6-19(14-25(24)32-2)11-18-5-9-23-20(12-18)15-26(30)28-23/h3-10,12,14,21H,11,13,15-16H2,1-2H3,(H,28,30). The first-order valence-electron chi connectivity index (χ1n) is 11.2. The minimum atomic E-state index is -0.274. The van der Waals surface area contributed by atoms with Crippen molar-refractivity contribution in [3.8, 4) is 17.2 Å². The van der Waals surface area contributed by atoms with E-state index < -0.39 is 0 Å². The molecule has 2 heterocycles. The third-order valence-corrected chi connectivity index (χ3v) is 6.29. The number of nitrogens with one attached hydrogen (secondary N) is 1. The zero-order chi connectivity index (χ0) is 23.7. The molecule has 1 N–H and O–H groups in total. The maximum absolute atomic E-state index is 11.6. The predicted molar refractivity (Wildman–Crippen MR) is 128 cm³/mol. The molecule has 2 aliphatic heterocycles. The molecule has 1 atom stereocenters.